The van der Waals surface area contributed by atoms with Crippen LogP contribution in [0.2, 0.25) is 0 Å². The largest absolute Gasteiger partial charge is 0.393 e. The van der Waals surface area contributed by atoms with Crippen LogP contribution in [0.4, 0.5) is 0 Å². The lowest BCUT2D eigenvalue weighted by Crippen LogP contribution is -2.52. The Morgan fingerprint density at radius 1 is 1.24 bits per heavy atom. The molecule has 1 aliphatic heterocycles. The minimum absolute atomic E-state index is 0.0346. The van der Waals surface area contributed by atoms with Crippen LogP contribution < -0.4 is 5.73 Å². The van der Waals surface area contributed by atoms with Crippen molar-refractivity contribution in [3.8, 4) is 0 Å². The topological polar surface area (TPSA) is 86.8 Å². The van der Waals surface area contributed by atoms with Crippen molar-refractivity contribution in [1.82, 2.24) is 4.90 Å². The Hall–Kier alpha value is -0.0700. The summed E-state index contributed by atoms with van der Waals surface area (Å²) in [5.41, 5.74) is 6.36. The number of halogens is 2. The number of aliphatic hydroxyl groups is 2. The van der Waals surface area contributed by atoms with Gasteiger partial charge >= 0.3 is 0 Å². The quantitative estimate of drug-likeness (QED) is 0.655. The first-order valence-electron chi connectivity index (χ1n) is 7.54. The zero-order valence-electron chi connectivity index (χ0n) is 12.0. The number of amides is 1. The normalized spacial score (nSPS) is 36.5. The third kappa shape index (κ3) is 4.02. The number of nitrogens with two attached hydrogens (primary N) is 1. The number of rotatable bonds is 3. The summed E-state index contributed by atoms with van der Waals surface area (Å²) in [5, 5.41) is 18.7. The molecule has 2 rings (SSSR count). The van der Waals surface area contributed by atoms with Gasteiger partial charge in [-0.15, -0.1) is 23.2 Å². The van der Waals surface area contributed by atoms with Crippen LogP contribution in [0.15, 0.2) is 0 Å². The van der Waals surface area contributed by atoms with Gasteiger partial charge in [0, 0.05) is 25.0 Å². The van der Waals surface area contributed by atoms with Crippen LogP contribution in [0.1, 0.15) is 25.7 Å². The molecular formula is C14H24Cl2N2O3. The van der Waals surface area contributed by atoms with E-state index in [1.807, 2.05) is 0 Å². The van der Waals surface area contributed by atoms with Gasteiger partial charge in [0.2, 0.25) is 5.91 Å². The number of hydrogen-bond donors (Lipinski definition) is 3. The molecule has 1 heterocycles. The number of hydrogen-bond acceptors (Lipinski definition) is 4. The highest BCUT2D eigenvalue weighted by molar-refractivity contribution is 6.30. The monoisotopic (exact) mass is 338 g/mol. The van der Waals surface area contributed by atoms with E-state index in [-0.39, 0.29) is 34.5 Å². The second-order valence-electron chi connectivity index (χ2n) is 6.19. The smallest absolute Gasteiger partial charge is 0.248 e. The minimum atomic E-state index is -0.505. The average Bonchev–Trinajstić information content (AvgIpc) is 2.49. The van der Waals surface area contributed by atoms with E-state index < -0.39 is 12.7 Å². The number of aliphatic hydroxyl groups excluding tert-OH is 2. The van der Waals surface area contributed by atoms with Crippen LogP contribution in [0.25, 0.3) is 0 Å². The van der Waals surface area contributed by atoms with Gasteiger partial charge in [0.15, 0.2) is 0 Å². The van der Waals surface area contributed by atoms with E-state index >= 15 is 0 Å². The lowest BCUT2D eigenvalue weighted by molar-refractivity contribution is -0.135. The van der Waals surface area contributed by atoms with E-state index in [0.29, 0.717) is 25.9 Å². The molecular weight excluding hydrogens is 315 g/mol. The van der Waals surface area contributed by atoms with Crippen molar-refractivity contribution in [2.24, 2.45) is 17.6 Å². The van der Waals surface area contributed by atoms with E-state index in [0.717, 1.165) is 12.8 Å². The summed E-state index contributed by atoms with van der Waals surface area (Å²) in [5.74, 6) is 0.00116. The Labute approximate surface area is 135 Å². The van der Waals surface area contributed by atoms with Gasteiger partial charge in [0.05, 0.1) is 16.9 Å². The molecule has 1 aliphatic carbocycles. The molecule has 0 bridgehead atoms. The third-order valence-corrected chi connectivity index (χ3v) is 6.01. The van der Waals surface area contributed by atoms with Gasteiger partial charge in [-0.2, -0.15) is 0 Å². The van der Waals surface area contributed by atoms with Gasteiger partial charge in [0.1, 0.15) is 6.61 Å². The molecule has 0 radical (unpaired) electrons. The number of piperidine rings is 1. The van der Waals surface area contributed by atoms with Gasteiger partial charge in [-0.05, 0) is 31.6 Å². The first-order chi connectivity index (χ1) is 9.93. The van der Waals surface area contributed by atoms with Crippen LogP contribution >= 0.6 is 23.2 Å². The zero-order valence-corrected chi connectivity index (χ0v) is 13.5. The fourth-order valence-electron chi connectivity index (χ4n) is 3.51. The van der Waals surface area contributed by atoms with Crippen molar-refractivity contribution in [3.63, 3.8) is 0 Å². The van der Waals surface area contributed by atoms with E-state index in [9.17, 15) is 9.90 Å². The highest BCUT2D eigenvalue weighted by Gasteiger charge is 2.40. The number of carbonyl (C=O) groups excluding carboxylic acids is 1. The number of alkyl halides is 2. The first kappa shape index (κ1) is 17.3. The highest BCUT2D eigenvalue weighted by Crippen LogP contribution is 2.36. The molecule has 0 aromatic rings. The van der Waals surface area contributed by atoms with Crippen LogP contribution in [-0.4, -0.2) is 63.6 Å². The van der Waals surface area contributed by atoms with E-state index in [2.05, 4.69) is 0 Å². The van der Waals surface area contributed by atoms with Crippen LogP contribution in [0, 0.1) is 11.8 Å². The SMILES string of the molecule is N[C@H](C1CCN(C(=O)CO)CC1)C1CC(Cl)C(Cl)CC1O. The molecule has 4 N–H and O–H groups in total. The zero-order chi connectivity index (χ0) is 15.6. The summed E-state index contributed by atoms with van der Waals surface area (Å²) >= 11 is 12.3. The number of likely N-dealkylation sites (tertiary alicyclic amines) is 1. The maximum absolute atomic E-state index is 11.4. The Morgan fingerprint density at radius 3 is 2.38 bits per heavy atom. The van der Waals surface area contributed by atoms with Crippen molar-refractivity contribution in [2.45, 2.75) is 48.6 Å². The lowest BCUT2D eigenvalue weighted by atomic mass is 9.74. The molecule has 5 atom stereocenters. The molecule has 1 amide bonds. The van der Waals surface area contributed by atoms with Crippen molar-refractivity contribution in [2.75, 3.05) is 19.7 Å². The summed E-state index contributed by atoms with van der Waals surface area (Å²) in [7, 11) is 0. The first-order valence-corrected chi connectivity index (χ1v) is 8.41. The van der Waals surface area contributed by atoms with E-state index in [4.69, 9.17) is 34.0 Å². The predicted octanol–water partition coefficient (Wildman–Crippen LogP) is 0.530. The maximum atomic E-state index is 11.4. The molecule has 122 valence electrons. The number of carbonyl (C=O) groups is 1. The van der Waals surface area contributed by atoms with E-state index in [1.54, 1.807) is 4.90 Å². The molecule has 4 unspecified atom stereocenters. The minimum Gasteiger partial charge on any atom is -0.393 e. The summed E-state index contributed by atoms with van der Waals surface area (Å²) in [6.45, 7) is 0.787. The molecule has 0 aromatic heterocycles. The van der Waals surface area contributed by atoms with Crippen molar-refractivity contribution in [3.05, 3.63) is 0 Å². The summed E-state index contributed by atoms with van der Waals surface area (Å²) in [6.07, 6.45) is 2.21. The molecule has 5 nitrogen and oxygen atoms in total. The molecule has 1 saturated heterocycles. The van der Waals surface area contributed by atoms with Gasteiger partial charge in [0.25, 0.3) is 0 Å². The fraction of sp³-hybridized carbons (Fsp3) is 0.929. The summed E-state index contributed by atoms with van der Waals surface area (Å²) in [4.78, 5) is 13.1. The Morgan fingerprint density at radius 2 is 1.81 bits per heavy atom. The summed E-state index contributed by atoms with van der Waals surface area (Å²) < 4.78 is 0. The third-order valence-electron chi connectivity index (χ3n) is 4.92. The Kier molecular flexibility index (Phi) is 6.15. The van der Waals surface area contributed by atoms with Gasteiger partial charge < -0.3 is 20.8 Å². The molecule has 2 aliphatic rings. The van der Waals surface area contributed by atoms with Gasteiger partial charge in [-0.1, -0.05) is 0 Å². The van der Waals surface area contributed by atoms with Crippen molar-refractivity contribution >= 4 is 29.1 Å². The molecule has 0 spiro atoms. The average molecular weight is 339 g/mol. The highest BCUT2D eigenvalue weighted by atomic mass is 35.5. The maximum Gasteiger partial charge on any atom is 0.248 e. The molecule has 7 heteroatoms. The standard InChI is InChI=1S/C14H24Cl2N2O3/c15-10-5-9(12(20)6-11(10)16)14(17)8-1-3-18(4-2-8)13(21)7-19/h8-12,14,19-20H,1-7,17H2/t9?,10?,11?,12?,14-/m1/s1. The fourth-order valence-corrected chi connectivity index (χ4v) is 4.11. The predicted molar refractivity (Wildman–Crippen MR) is 82.4 cm³/mol. The van der Waals surface area contributed by atoms with Crippen LogP contribution in [-0.2, 0) is 4.79 Å². The molecule has 1 saturated carbocycles. The summed E-state index contributed by atoms with van der Waals surface area (Å²) in [6, 6.07) is -0.128. The van der Waals surface area contributed by atoms with Gasteiger partial charge in [-0.25, -0.2) is 0 Å². The second kappa shape index (κ2) is 7.47. The number of nitrogens with zero attached hydrogens (tertiary/aromatic N) is 1. The van der Waals surface area contributed by atoms with Crippen LogP contribution in [0.5, 0.6) is 0 Å². The molecule has 2 fully saturated rings. The Bertz CT molecular complexity index is 364. The van der Waals surface area contributed by atoms with Crippen LogP contribution in [0.3, 0.4) is 0 Å². The molecule has 0 aromatic carbocycles. The van der Waals surface area contributed by atoms with Crippen molar-refractivity contribution < 1.29 is 15.0 Å². The molecule has 21 heavy (non-hydrogen) atoms. The van der Waals surface area contributed by atoms with Gasteiger partial charge in [-0.3, -0.25) is 4.79 Å². The lowest BCUT2D eigenvalue weighted by Gasteiger charge is -2.42. The van der Waals surface area contributed by atoms with Crippen molar-refractivity contribution in [1.29, 1.82) is 0 Å². The Balaban J connectivity index is 1.89. The second-order valence-corrected chi connectivity index (χ2v) is 7.31. The van der Waals surface area contributed by atoms with E-state index in [1.165, 1.54) is 0 Å².